The number of hydrogen-bond acceptors (Lipinski definition) is 4. The summed E-state index contributed by atoms with van der Waals surface area (Å²) in [5, 5.41) is 9.99. The maximum absolute atomic E-state index is 15.9. The molecule has 0 saturated carbocycles. The third-order valence-electron chi connectivity index (χ3n) is 7.22. The SMILES string of the molecule is NCCCCC1(c2ccccc2)Cc2c(cc(F)c(Cl)c2-c2c(C=O)cc3c(c2F)CCC3O)O1. The van der Waals surface area contributed by atoms with Crippen molar-refractivity contribution in [2.45, 2.75) is 50.2 Å². The highest BCUT2D eigenvalue weighted by molar-refractivity contribution is 6.34. The number of aliphatic hydroxyl groups is 1. The first-order chi connectivity index (χ1) is 16.9. The summed E-state index contributed by atoms with van der Waals surface area (Å²) < 4.78 is 37.5. The van der Waals surface area contributed by atoms with Gasteiger partial charge < -0.3 is 15.6 Å². The number of aldehydes is 1. The number of halogens is 3. The van der Waals surface area contributed by atoms with Crippen molar-refractivity contribution in [3.8, 4) is 16.9 Å². The summed E-state index contributed by atoms with van der Waals surface area (Å²) in [5.41, 5.74) is 7.27. The third-order valence-corrected chi connectivity index (χ3v) is 7.59. The van der Waals surface area contributed by atoms with Crippen molar-refractivity contribution in [3.63, 3.8) is 0 Å². The molecule has 0 bridgehead atoms. The van der Waals surface area contributed by atoms with Gasteiger partial charge in [-0.25, -0.2) is 8.78 Å². The van der Waals surface area contributed by atoms with Crippen LogP contribution < -0.4 is 10.5 Å². The van der Waals surface area contributed by atoms with Gasteiger partial charge in [0.1, 0.15) is 23.0 Å². The second kappa shape index (κ2) is 9.34. The highest BCUT2D eigenvalue weighted by atomic mass is 35.5. The van der Waals surface area contributed by atoms with Gasteiger partial charge in [0.05, 0.1) is 11.1 Å². The van der Waals surface area contributed by atoms with E-state index in [9.17, 15) is 9.90 Å². The summed E-state index contributed by atoms with van der Waals surface area (Å²) in [7, 11) is 0. The maximum Gasteiger partial charge on any atom is 0.150 e. The Labute approximate surface area is 207 Å². The van der Waals surface area contributed by atoms with Gasteiger partial charge in [-0.15, -0.1) is 0 Å². The van der Waals surface area contributed by atoms with E-state index in [4.69, 9.17) is 22.1 Å². The van der Waals surface area contributed by atoms with Gasteiger partial charge in [-0.2, -0.15) is 0 Å². The van der Waals surface area contributed by atoms with Crippen LogP contribution in [0.1, 0.15) is 64.4 Å². The summed E-state index contributed by atoms with van der Waals surface area (Å²) >= 11 is 6.48. The molecule has 3 aromatic rings. The third kappa shape index (κ3) is 3.94. The smallest absolute Gasteiger partial charge is 0.150 e. The standard InChI is InChI=1S/C28H26ClF2NO3/c29-26-21(30)13-23-20(14-28(35-23,10-4-5-11-32)17-6-2-1-3-7-17)25(26)24-16(15-33)12-19-18(27(24)31)8-9-22(19)34/h1-3,6-7,12-13,15,22,34H,4-5,8-11,14,32H2. The Kier molecular flexibility index (Phi) is 6.38. The van der Waals surface area contributed by atoms with E-state index in [1.54, 1.807) is 0 Å². The van der Waals surface area contributed by atoms with Crippen LogP contribution >= 0.6 is 11.6 Å². The zero-order chi connectivity index (χ0) is 24.7. The molecule has 0 spiro atoms. The minimum absolute atomic E-state index is 0.0252. The molecule has 0 fully saturated rings. The van der Waals surface area contributed by atoms with Gasteiger partial charge in [0.2, 0.25) is 0 Å². The van der Waals surface area contributed by atoms with Crippen molar-refractivity contribution < 1.29 is 23.4 Å². The Morgan fingerprint density at radius 2 is 1.91 bits per heavy atom. The van der Waals surface area contributed by atoms with E-state index in [-0.39, 0.29) is 27.5 Å². The molecule has 0 aromatic heterocycles. The molecule has 2 aliphatic rings. The minimum Gasteiger partial charge on any atom is -0.482 e. The first-order valence-corrected chi connectivity index (χ1v) is 12.2. The number of carbonyl (C=O) groups excluding carboxylic acids is 1. The van der Waals surface area contributed by atoms with Gasteiger partial charge in [0, 0.05) is 34.7 Å². The van der Waals surface area contributed by atoms with Crippen molar-refractivity contribution >= 4 is 17.9 Å². The molecule has 2 unspecified atom stereocenters. The Balaban J connectivity index is 1.71. The normalized spacial score (nSPS) is 20.4. The van der Waals surface area contributed by atoms with Crippen molar-refractivity contribution in [1.29, 1.82) is 0 Å². The number of hydrogen-bond donors (Lipinski definition) is 2. The predicted molar refractivity (Wildman–Crippen MR) is 131 cm³/mol. The molecule has 0 saturated heterocycles. The van der Waals surface area contributed by atoms with Gasteiger partial charge >= 0.3 is 0 Å². The quantitative estimate of drug-likeness (QED) is 0.308. The van der Waals surface area contributed by atoms with Crippen LogP contribution in [0.5, 0.6) is 5.75 Å². The van der Waals surface area contributed by atoms with E-state index in [2.05, 4.69) is 0 Å². The van der Waals surface area contributed by atoms with Crippen LogP contribution in [0.4, 0.5) is 8.78 Å². The highest BCUT2D eigenvalue weighted by Gasteiger charge is 2.43. The van der Waals surface area contributed by atoms with E-state index in [0.717, 1.165) is 18.4 Å². The van der Waals surface area contributed by atoms with Gasteiger partial charge in [-0.1, -0.05) is 41.9 Å². The molecule has 5 rings (SSSR count). The number of nitrogens with two attached hydrogens (primary N) is 1. The maximum atomic E-state index is 15.9. The average Bonchev–Trinajstić information content (AvgIpc) is 3.42. The number of carbonyl (C=O) groups is 1. The van der Waals surface area contributed by atoms with Crippen LogP contribution in [0.2, 0.25) is 5.02 Å². The zero-order valence-corrected chi connectivity index (χ0v) is 19.9. The minimum atomic E-state index is -0.836. The van der Waals surface area contributed by atoms with Crippen LogP contribution in [0.3, 0.4) is 0 Å². The van der Waals surface area contributed by atoms with Crippen LogP contribution in [0, 0.1) is 11.6 Å². The molecule has 0 amide bonds. The molecule has 1 aliphatic heterocycles. The zero-order valence-electron chi connectivity index (χ0n) is 19.1. The number of unbranched alkanes of at least 4 members (excludes halogenated alkanes) is 1. The molecule has 7 heteroatoms. The largest absolute Gasteiger partial charge is 0.482 e. The summed E-state index contributed by atoms with van der Waals surface area (Å²) in [6, 6.07) is 12.4. The summed E-state index contributed by atoms with van der Waals surface area (Å²) in [6.07, 6.45) is 2.93. The Morgan fingerprint density at radius 1 is 1.14 bits per heavy atom. The van der Waals surface area contributed by atoms with Gasteiger partial charge in [-0.05, 0) is 61.4 Å². The lowest BCUT2D eigenvalue weighted by molar-refractivity contribution is 0.0793. The van der Waals surface area contributed by atoms with Crippen molar-refractivity contribution in [2.75, 3.05) is 6.54 Å². The summed E-state index contributed by atoms with van der Waals surface area (Å²) in [6.45, 7) is 0.540. The number of benzene rings is 3. The highest BCUT2D eigenvalue weighted by Crippen LogP contribution is 2.52. The van der Waals surface area contributed by atoms with Crippen LogP contribution in [-0.2, 0) is 18.4 Å². The van der Waals surface area contributed by atoms with Gasteiger partial charge in [0.25, 0.3) is 0 Å². The molecule has 182 valence electrons. The van der Waals surface area contributed by atoms with Gasteiger partial charge in [-0.3, -0.25) is 4.79 Å². The molecular weight excluding hydrogens is 472 g/mol. The molecule has 1 aliphatic carbocycles. The van der Waals surface area contributed by atoms with Crippen molar-refractivity contribution in [2.24, 2.45) is 5.73 Å². The monoisotopic (exact) mass is 497 g/mol. The topological polar surface area (TPSA) is 72.6 Å². The van der Waals surface area contributed by atoms with Crippen LogP contribution in [0.25, 0.3) is 11.1 Å². The summed E-state index contributed by atoms with van der Waals surface area (Å²) in [5.74, 6) is -1.10. The Morgan fingerprint density at radius 3 is 2.63 bits per heavy atom. The molecular formula is C28H26ClF2NO3. The summed E-state index contributed by atoms with van der Waals surface area (Å²) in [4.78, 5) is 12.1. The fourth-order valence-corrected chi connectivity index (χ4v) is 5.77. The predicted octanol–water partition coefficient (Wildman–Crippen LogP) is 6.04. The van der Waals surface area contributed by atoms with E-state index in [1.807, 2.05) is 30.3 Å². The lowest BCUT2D eigenvalue weighted by Gasteiger charge is -2.29. The molecule has 2 atom stereocenters. The van der Waals surface area contributed by atoms with Gasteiger partial charge in [0.15, 0.2) is 6.29 Å². The molecule has 3 aromatic carbocycles. The number of rotatable bonds is 7. The fourth-order valence-electron chi connectivity index (χ4n) is 5.51. The van der Waals surface area contributed by atoms with E-state index in [0.29, 0.717) is 55.2 Å². The first kappa shape index (κ1) is 23.9. The first-order valence-electron chi connectivity index (χ1n) is 11.8. The fraction of sp³-hybridized carbons (Fsp3) is 0.321. The Hall–Kier alpha value is -2.80. The van der Waals surface area contributed by atoms with E-state index < -0.39 is 23.3 Å². The van der Waals surface area contributed by atoms with Crippen LogP contribution in [-0.4, -0.2) is 17.9 Å². The van der Waals surface area contributed by atoms with Crippen molar-refractivity contribution in [1.82, 2.24) is 0 Å². The van der Waals surface area contributed by atoms with E-state index in [1.165, 1.54) is 12.1 Å². The number of fused-ring (bicyclic) bond motifs is 2. The molecule has 1 heterocycles. The van der Waals surface area contributed by atoms with Crippen LogP contribution in [0.15, 0.2) is 42.5 Å². The molecule has 0 radical (unpaired) electrons. The molecule has 3 N–H and O–H groups in total. The second-order valence-electron chi connectivity index (χ2n) is 9.30. The molecule has 4 nitrogen and oxygen atoms in total. The number of ether oxygens (including phenoxy) is 1. The molecule has 35 heavy (non-hydrogen) atoms. The second-order valence-corrected chi connectivity index (χ2v) is 9.68. The van der Waals surface area contributed by atoms with E-state index >= 15 is 8.78 Å². The number of aliphatic hydroxyl groups excluding tert-OH is 1. The van der Waals surface area contributed by atoms with Crippen molar-refractivity contribution in [3.05, 3.63) is 86.9 Å². The average molecular weight is 498 g/mol. The lowest BCUT2D eigenvalue weighted by Crippen LogP contribution is -2.31. The Bertz CT molecular complexity index is 1300. The lowest BCUT2D eigenvalue weighted by atomic mass is 9.82.